The predicted molar refractivity (Wildman–Crippen MR) is 132 cm³/mol. The molecule has 1 aliphatic carbocycles. The smallest absolute Gasteiger partial charge is 0.258 e. The van der Waals surface area contributed by atoms with Gasteiger partial charge in [0.05, 0.1) is 26.5 Å². The monoisotopic (exact) mass is 562 g/mol. The van der Waals surface area contributed by atoms with Crippen LogP contribution in [-0.2, 0) is 4.79 Å². The van der Waals surface area contributed by atoms with Crippen LogP contribution in [-0.4, -0.2) is 16.1 Å². The van der Waals surface area contributed by atoms with Gasteiger partial charge in [0.15, 0.2) is 0 Å². The average Bonchev–Trinajstić information content (AvgIpc) is 3.36. The largest absolute Gasteiger partial charge is 0.326 e. The molecule has 0 spiro atoms. The van der Waals surface area contributed by atoms with Crippen molar-refractivity contribution in [3.05, 3.63) is 92.4 Å². The van der Waals surface area contributed by atoms with Gasteiger partial charge in [-0.2, -0.15) is 0 Å². The molecule has 3 aromatic rings. The fraction of sp³-hybridized carbons (Fsp3) is 0.130. The van der Waals surface area contributed by atoms with E-state index < -0.39 is 39.6 Å². The SMILES string of the molecule is O=C(Nc1ccc(F)cc1)c1cc(NC(=O)C2C(c3cc(Cl)c(Cl)c(Cl)c3)C2(Cl)Cl)ccc1F. The molecule has 4 nitrogen and oxygen atoms in total. The van der Waals surface area contributed by atoms with Gasteiger partial charge in [0.2, 0.25) is 5.91 Å². The van der Waals surface area contributed by atoms with Gasteiger partial charge in [-0.1, -0.05) is 34.8 Å². The van der Waals surface area contributed by atoms with Crippen molar-refractivity contribution in [2.24, 2.45) is 5.92 Å². The minimum Gasteiger partial charge on any atom is -0.326 e. The molecule has 0 aliphatic heterocycles. The summed E-state index contributed by atoms with van der Waals surface area (Å²) in [6, 6.07) is 11.5. The summed E-state index contributed by atoms with van der Waals surface area (Å²) in [7, 11) is 0. The van der Waals surface area contributed by atoms with E-state index in [2.05, 4.69) is 10.6 Å². The number of benzene rings is 3. The maximum atomic E-state index is 14.3. The van der Waals surface area contributed by atoms with E-state index in [9.17, 15) is 18.4 Å². The average molecular weight is 565 g/mol. The lowest BCUT2D eigenvalue weighted by molar-refractivity contribution is -0.117. The molecule has 0 radical (unpaired) electrons. The Balaban J connectivity index is 1.51. The zero-order chi connectivity index (χ0) is 24.8. The Kier molecular flexibility index (Phi) is 7.00. The van der Waals surface area contributed by atoms with Crippen LogP contribution in [0.4, 0.5) is 20.2 Å². The maximum Gasteiger partial charge on any atom is 0.258 e. The second-order valence-corrected chi connectivity index (χ2v) is 10.2. The molecule has 4 rings (SSSR count). The van der Waals surface area contributed by atoms with Crippen LogP contribution in [0.1, 0.15) is 21.8 Å². The molecule has 1 saturated carbocycles. The lowest BCUT2D eigenvalue weighted by Crippen LogP contribution is -2.18. The molecule has 3 aromatic carbocycles. The third-order valence-electron chi connectivity index (χ3n) is 5.28. The van der Waals surface area contributed by atoms with Crippen molar-refractivity contribution in [3.63, 3.8) is 0 Å². The Morgan fingerprint density at radius 3 is 2.03 bits per heavy atom. The Labute approximate surface area is 218 Å². The van der Waals surface area contributed by atoms with Gasteiger partial charge in [-0.3, -0.25) is 9.59 Å². The van der Waals surface area contributed by atoms with Crippen molar-refractivity contribution >= 4 is 81.2 Å². The number of carbonyl (C=O) groups excluding carboxylic acids is 2. The minimum absolute atomic E-state index is 0.151. The first kappa shape index (κ1) is 25.0. The van der Waals surface area contributed by atoms with E-state index in [1.807, 2.05) is 0 Å². The number of amides is 2. The molecule has 176 valence electrons. The summed E-state index contributed by atoms with van der Waals surface area (Å²) >= 11 is 30.8. The van der Waals surface area contributed by atoms with E-state index in [1.54, 1.807) is 0 Å². The normalized spacial score (nSPS) is 18.3. The molecule has 1 aliphatic rings. The first-order valence-electron chi connectivity index (χ1n) is 9.68. The van der Waals surface area contributed by atoms with Crippen LogP contribution < -0.4 is 10.6 Å². The van der Waals surface area contributed by atoms with Gasteiger partial charge in [-0.15, -0.1) is 23.2 Å². The predicted octanol–water partition coefficient (Wildman–Crippen LogP) is 7.70. The molecule has 1 fully saturated rings. The number of halogens is 7. The summed E-state index contributed by atoms with van der Waals surface area (Å²) in [5.74, 6) is -4.11. The van der Waals surface area contributed by atoms with Crippen LogP contribution in [0.3, 0.4) is 0 Å². The fourth-order valence-corrected chi connectivity index (χ4v) is 4.99. The summed E-state index contributed by atoms with van der Waals surface area (Å²) in [4.78, 5) is 25.4. The van der Waals surface area contributed by atoms with Crippen LogP contribution in [0.25, 0.3) is 0 Å². The number of hydrogen-bond donors (Lipinski definition) is 2. The zero-order valence-corrected chi connectivity index (χ0v) is 20.6. The zero-order valence-electron chi connectivity index (χ0n) is 16.8. The Bertz CT molecular complexity index is 1280. The second-order valence-electron chi connectivity index (χ2n) is 7.57. The summed E-state index contributed by atoms with van der Waals surface area (Å²) in [6.45, 7) is 0. The Morgan fingerprint density at radius 2 is 1.41 bits per heavy atom. The lowest BCUT2D eigenvalue weighted by Gasteiger charge is -2.10. The van der Waals surface area contributed by atoms with E-state index >= 15 is 0 Å². The third-order valence-corrected chi connectivity index (χ3v) is 7.42. The third kappa shape index (κ3) is 4.97. The van der Waals surface area contributed by atoms with Crippen LogP contribution in [0.2, 0.25) is 15.1 Å². The molecule has 2 atom stereocenters. The van der Waals surface area contributed by atoms with Gasteiger partial charge in [0, 0.05) is 17.3 Å². The minimum atomic E-state index is -1.44. The van der Waals surface area contributed by atoms with Crippen molar-refractivity contribution in [1.82, 2.24) is 0 Å². The maximum absolute atomic E-state index is 14.3. The summed E-state index contributed by atoms with van der Waals surface area (Å²) in [5.41, 5.74) is 0.629. The fourth-order valence-electron chi connectivity index (χ4n) is 3.55. The van der Waals surface area contributed by atoms with Crippen LogP contribution >= 0.6 is 58.0 Å². The van der Waals surface area contributed by atoms with E-state index in [4.69, 9.17) is 58.0 Å². The van der Waals surface area contributed by atoms with Crippen LogP contribution in [0.5, 0.6) is 0 Å². The highest BCUT2D eigenvalue weighted by molar-refractivity contribution is 6.54. The van der Waals surface area contributed by atoms with Gasteiger partial charge >= 0.3 is 0 Å². The van der Waals surface area contributed by atoms with Gasteiger partial charge in [0.25, 0.3) is 5.91 Å². The van der Waals surface area contributed by atoms with Crippen molar-refractivity contribution in [1.29, 1.82) is 0 Å². The van der Waals surface area contributed by atoms with Crippen molar-refractivity contribution in [2.45, 2.75) is 10.3 Å². The lowest BCUT2D eigenvalue weighted by atomic mass is 10.1. The molecule has 0 bridgehead atoms. The number of alkyl halides is 2. The van der Waals surface area contributed by atoms with Crippen LogP contribution in [0, 0.1) is 17.6 Å². The van der Waals surface area contributed by atoms with E-state index in [-0.39, 0.29) is 32.0 Å². The van der Waals surface area contributed by atoms with Gasteiger partial charge in [-0.05, 0) is 60.2 Å². The van der Waals surface area contributed by atoms with Gasteiger partial charge in [0.1, 0.15) is 16.0 Å². The molecular weight excluding hydrogens is 552 g/mol. The highest BCUT2D eigenvalue weighted by Gasteiger charge is 2.67. The van der Waals surface area contributed by atoms with E-state index in [0.717, 1.165) is 18.2 Å². The number of rotatable bonds is 5. The van der Waals surface area contributed by atoms with E-state index in [1.165, 1.54) is 36.4 Å². The Hall–Kier alpha value is -2.09. The number of nitrogens with one attached hydrogen (secondary N) is 2. The first-order chi connectivity index (χ1) is 16.0. The quantitative estimate of drug-likeness (QED) is 0.246. The number of hydrogen-bond acceptors (Lipinski definition) is 2. The molecule has 2 N–H and O–H groups in total. The molecule has 2 unspecified atom stereocenters. The summed E-state index contributed by atoms with van der Waals surface area (Å²) < 4.78 is 25.9. The highest BCUT2D eigenvalue weighted by Crippen LogP contribution is 2.65. The van der Waals surface area contributed by atoms with Crippen molar-refractivity contribution in [3.8, 4) is 0 Å². The Morgan fingerprint density at radius 1 is 0.824 bits per heavy atom. The van der Waals surface area contributed by atoms with E-state index in [0.29, 0.717) is 5.56 Å². The standard InChI is InChI=1S/C23H13Cl5F2N2O2/c24-15-7-10(8-16(25)20(15)26)18-19(23(18,27)28)22(34)32-13-5-6-17(30)14(9-13)21(33)31-12-3-1-11(29)2-4-12/h1-9,18-19H,(H,31,33)(H,32,34). The number of carbonyl (C=O) groups is 2. The highest BCUT2D eigenvalue weighted by atomic mass is 35.5. The van der Waals surface area contributed by atoms with Crippen molar-refractivity contribution < 1.29 is 18.4 Å². The van der Waals surface area contributed by atoms with Gasteiger partial charge < -0.3 is 10.6 Å². The first-order valence-corrected chi connectivity index (χ1v) is 11.6. The molecule has 0 heterocycles. The molecule has 0 saturated heterocycles. The summed E-state index contributed by atoms with van der Waals surface area (Å²) in [6.07, 6.45) is 0. The van der Waals surface area contributed by atoms with Crippen molar-refractivity contribution in [2.75, 3.05) is 10.6 Å². The molecule has 11 heteroatoms. The van der Waals surface area contributed by atoms with Gasteiger partial charge in [-0.25, -0.2) is 8.78 Å². The topological polar surface area (TPSA) is 58.2 Å². The molecule has 0 aromatic heterocycles. The summed E-state index contributed by atoms with van der Waals surface area (Å²) in [5, 5.41) is 5.61. The molecular formula is C23H13Cl5F2N2O2. The molecule has 2 amide bonds. The molecule has 34 heavy (non-hydrogen) atoms. The van der Waals surface area contributed by atoms with Crippen LogP contribution in [0.15, 0.2) is 54.6 Å². The number of anilines is 2. The second kappa shape index (κ2) is 9.51.